The van der Waals surface area contributed by atoms with Crippen LogP contribution in [0.3, 0.4) is 0 Å². The van der Waals surface area contributed by atoms with Crippen molar-refractivity contribution in [1.29, 1.82) is 0 Å². The number of nitrogens with two attached hydrogens (primary N) is 1. The molecule has 0 saturated carbocycles. The number of aromatic nitrogens is 1. The first-order valence-electron chi connectivity index (χ1n) is 5.39. The molecule has 0 aliphatic carbocycles. The van der Waals surface area contributed by atoms with Gasteiger partial charge in [0.2, 0.25) is 0 Å². The zero-order valence-corrected chi connectivity index (χ0v) is 10.7. The molecular formula is C12H20N2S. The molecule has 2 atom stereocenters. The Morgan fingerprint density at radius 3 is 2.27 bits per heavy atom. The van der Waals surface area contributed by atoms with Crippen molar-refractivity contribution in [2.45, 2.75) is 44.0 Å². The van der Waals surface area contributed by atoms with Gasteiger partial charge >= 0.3 is 0 Å². The summed E-state index contributed by atoms with van der Waals surface area (Å²) in [5.41, 5.74) is 6.86. The second kappa shape index (κ2) is 5.52. The van der Waals surface area contributed by atoms with Crippen LogP contribution < -0.4 is 5.73 Å². The number of pyridine rings is 1. The van der Waals surface area contributed by atoms with E-state index in [-0.39, 0.29) is 6.04 Å². The molecule has 0 aliphatic rings. The maximum atomic E-state index is 5.77. The molecule has 84 valence electrons. The summed E-state index contributed by atoms with van der Waals surface area (Å²) in [5.74, 6) is 0.671. The third-order valence-electron chi connectivity index (χ3n) is 2.53. The van der Waals surface area contributed by atoms with Crippen LogP contribution >= 0.6 is 11.8 Å². The zero-order chi connectivity index (χ0) is 11.4. The van der Waals surface area contributed by atoms with E-state index in [1.54, 1.807) is 0 Å². The fraction of sp³-hybridized carbons (Fsp3) is 0.583. The highest BCUT2D eigenvalue weighted by Crippen LogP contribution is 2.26. The lowest BCUT2D eigenvalue weighted by Gasteiger charge is -2.14. The Bertz CT molecular complexity index is 293. The number of hydrogen-bond acceptors (Lipinski definition) is 3. The summed E-state index contributed by atoms with van der Waals surface area (Å²) in [4.78, 5) is 4.41. The molecule has 0 amide bonds. The summed E-state index contributed by atoms with van der Waals surface area (Å²) in [6, 6.07) is 4.19. The Balaban J connectivity index is 2.64. The Kier molecular flexibility index (Phi) is 4.61. The predicted molar refractivity (Wildman–Crippen MR) is 67.0 cm³/mol. The maximum absolute atomic E-state index is 5.77. The monoisotopic (exact) mass is 224 g/mol. The fourth-order valence-corrected chi connectivity index (χ4v) is 1.97. The molecule has 1 aromatic rings. The van der Waals surface area contributed by atoms with Gasteiger partial charge in [0.25, 0.3) is 0 Å². The van der Waals surface area contributed by atoms with E-state index in [2.05, 4.69) is 37.9 Å². The molecule has 1 rings (SSSR count). The standard InChI is InChI=1S/C12H20N2S/c1-8(2)10(4)15-12-6-5-11(7-14-12)9(3)13/h5-10H,13H2,1-4H3. The number of hydrogen-bond donors (Lipinski definition) is 1. The van der Waals surface area contributed by atoms with E-state index < -0.39 is 0 Å². The first kappa shape index (κ1) is 12.5. The SMILES string of the molecule is CC(N)c1ccc(SC(C)C(C)C)nc1. The van der Waals surface area contributed by atoms with E-state index in [1.807, 2.05) is 24.9 Å². The summed E-state index contributed by atoms with van der Waals surface area (Å²) in [7, 11) is 0. The van der Waals surface area contributed by atoms with Gasteiger partial charge in [-0.2, -0.15) is 0 Å². The lowest BCUT2D eigenvalue weighted by Crippen LogP contribution is -2.07. The second-order valence-electron chi connectivity index (χ2n) is 4.29. The van der Waals surface area contributed by atoms with Gasteiger partial charge in [0.15, 0.2) is 0 Å². The minimum atomic E-state index is 0.0686. The van der Waals surface area contributed by atoms with Crippen LogP contribution in [0.1, 0.15) is 39.3 Å². The largest absolute Gasteiger partial charge is 0.324 e. The van der Waals surface area contributed by atoms with Crippen molar-refractivity contribution in [1.82, 2.24) is 4.98 Å². The number of thioether (sulfide) groups is 1. The molecule has 0 saturated heterocycles. The maximum Gasteiger partial charge on any atom is 0.0962 e. The third kappa shape index (κ3) is 3.84. The molecule has 1 aromatic heterocycles. The smallest absolute Gasteiger partial charge is 0.0962 e. The van der Waals surface area contributed by atoms with Crippen LogP contribution in [0.2, 0.25) is 0 Å². The van der Waals surface area contributed by atoms with E-state index >= 15 is 0 Å². The van der Waals surface area contributed by atoms with Crippen LogP contribution in [-0.4, -0.2) is 10.2 Å². The lowest BCUT2D eigenvalue weighted by molar-refractivity contribution is 0.641. The molecule has 1 heterocycles. The van der Waals surface area contributed by atoms with Crippen LogP contribution in [0.25, 0.3) is 0 Å². The fourth-order valence-electron chi connectivity index (χ4n) is 1.06. The number of rotatable bonds is 4. The molecule has 15 heavy (non-hydrogen) atoms. The van der Waals surface area contributed by atoms with Crippen molar-refractivity contribution < 1.29 is 0 Å². The molecule has 0 aromatic carbocycles. The van der Waals surface area contributed by atoms with Gasteiger partial charge in [-0.05, 0) is 24.5 Å². The van der Waals surface area contributed by atoms with Gasteiger partial charge in [-0.25, -0.2) is 4.98 Å². The van der Waals surface area contributed by atoms with Crippen LogP contribution in [0.5, 0.6) is 0 Å². The van der Waals surface area contributed by atoms with Crippen LogP contribution in [0.15, 0.2) is 23.4 Å². The molecule has 2 N–H and O–H groups in total. The average molecular weight is 224 g/mol. The van der Waals surface area contributed by atoms with Gasteiger partial charge < -0.3 is 5.73 Å². The second-order valence-corrected chi connectivity index (χ2v) is 5.68. The Morgan fingerprint density at radius 2 is 1.87 bits per heavy atom. The van der Waals surface area contributed by atoms with E-state index in [0.29, 0.717) is 11.2 Å². The van der Waals surface area contributed by atoms with Gasteiger partial charge in [0.1, 0.15) is 0 Å². The quantitative estimate of drug-likeness (QED) is 0.798. The molecule has 0 radical (unpaired) electrons. The van der Waals surface area contributed by atoms with Gasteiger partial charge in [0, 0.05) is 17.5 Å². The molecule has 3 heteroatoms. The molecule has 2 nitrogen and oxygen atoms in total. The van der Waals surface area contributed by atoms with Crippen LogP contribution in [-0.2, 0) is 0 Å². The van der Waals surface area contributed by atoms with E-state index in [4.69, 9.17) is 5.73 Å². The van der Waals surface area contributed by atoms with E-state index in [1.165, 1.54) is 0 Å². The van der Waals surface area contributed by atoms with Gasteiger partial charge in [-0.15, -0.1) is 11.8 Å². The van der Waals surface area contributed by atoms with Gasteiger partial charge in [-0.3, -0.25) is 0 Å². The molecular weight excluding hydrogens is 204 g/mol. The van der Waals surface area contributed by atoms with Crippen molar-refractivity contribution in [3.8, 4) is 0 Å². The molecule has 0 spiro atoms. The highest BCUT2D eigenvalue weighted by molar-refractivity contribution is 7.99. The predicted octanol–water partition coefficient (Wildman–Crippen LogP) is 3.24. The van der Waals surface area contributed by atoms with E-state index in [9.17, 15) is 0 Å². The highest BCUT2D eigenvalue weighted by Gasteiger charge is 2.09. The third-order valence-corrected chi connectivity index (χ3v) is 3.93. The van der Waals surface area contributed by atoms with Crippen molar-refractivity contribution >= 4 is 11.8 Å². The topological polar surface area (TPSA) is 38.9 Å². The van der Waals surface area contributed by atoms with Crippen LogP contribution in [0, 0.1) is 5.92 Å². The lowest BCUT2D eigenvalue weighted by atomic mass is 10.2. The summed E-state index contributed by atoms with van der Waals surface area (Å²) in [5, 5.41) is 1.68. The van der Waals surface area contributed by atoms with Crippen molar-refractivity contribution in [2.24, 2.45) is 11.7 Å². The zero-order valence-electron chi connectivity index (χ0n) is 9.90. The van der Waals surface area contributed by atoms with Crippen molar-refractivity contribution in [3.05, 3.63) is 23.9 Å². The summed E-state index contributed by atoms with van der Waals surface area (Å²) < 4.78 is 0. The van der Waals surface area contributed by atoms with Crippen molar-refractivity contribution in [3.63, 3.8) is 0 Å². The van der Waals surface area contributed by atoms with Crippen molar-refractivity contribution in [2.75, 3.05) is 0 Å². The first-order chi connectivity index (χ1) is 7.00. The Labute approximate surface area is 96.7 Å². The Hall–Kier alpha value is -0.540. The molecule has 2 unspecified atom stereocenters. The first-order valence-corrected chi connectivity index (χ1v) is 6.27. The number of nitrogens with zero attached hydrogens (tertiary/aromatic N) is 1. The normalized spacial score (nSPS) is 15.3. The average Bonchev–Trinajstić information content (AvgIpc) is 2.18. The van der Waals surface area contributed by atoms with Gasteiger partial charge in [0.05, 0.1) is 5.03 Å². The minimum Gasteiger partial charge on any atom is -0.324 e. The molecule has 0 bridgehead atoms. The van der Waals surface area contributed by atoms with Gasteiger partial charge in [-0.1, -0.05) is 26.8 Å². The van der Waals surface area contributed by atoms with E-state index in [0.717, 1.165) is 10.6 Å². The summed E-state index contributed by atoms with van der Waals surface area (Å²) >= 11 is 1.82. The summed E-state index contributed by atoms with van der Waals surface area (Å²) in [6.45, 7) is 8.67. The Morgan fingerprint density at radius 1 is 1.20 bits per heavy atom. The minimum absolute atomic E-state index is 0.0686. The summed E-state index contributed by atoms with van der Waals surface area (Å²) in [6.07, 6.45) is 1.88. The highest BCUT2D eigenvalue weighted by atomic mass is 32.2. The molecule has 0 aliphatic heterocycles. The molecule has 0 fully saturated rings. The van der Waals surface area contributed by atoms with Crippen LogP contribution in [0.4, 0.5) is 0 Å².